The highest BCUT2D eigenvalue weighted by atomic mass is 16.4. The average molecular weight is 532 g/mol. The molecule has 1 unspecified atom stereocenters. The van der Waals surface area contributed by atoms with Crippen molar-refractivity contribution in [3.8, 4) is 0 Å². The number of carbonyl (C=O) groups excluding carboxylic acids is 4. The SMILES string of the molecule is CC(=O)N1C=C(c2ccccc2)N(N(C(C)=O)[C@@H](Cc2ccccc2)C(=O)C(=O)O)C(=O)C1C1CCCCC1. The predicted molar refractivity (Wildman–Crippen MR) is 143 cm³/mol. The van der Waals surface area contributed by atoms with Crippen molar-refractivity contribution < 1.29 is 29.1 Å². The van der Waals surface area contributed by atoms with Gasteiger partial charge >= 0.3 is 5.97 Å². The van der Waals surface area contributed by atoms with E-state index in [-0.39, 0.29) is 23.9 Å². The Morgan fingerprint density at radius 1 is 0.923 bits per heavy atom. The van der Waals surface area contributed by atoms with Crippen molar-refractivity contribution >= 4 is 35.2 Å². The number of Topliss-reactive ketones (excluding diaryl/α,β-unsaturated/α-hetero) is 1. The molecule has 1 heterocycles. The predicted octanol–water partition coefficient (Wildman–Crippen LogP) is 3.65. The first-order valence-corrected chi connectivity index (χ1v) is 13.2. The Kier molecular flexibility index (Phi) is 8.59. The number of ketones is 1. The van der Waals surface area contributed by atoms with Crippen molar-refractivity contribution in [2.75, 3.05) is 0 Å². The van der Waals surface area contributed by atoms with Crippen LogP contribution in [0.4, 0.5) is 0 Å². The zero-order valence-corrected chi connectivity index (χ0v) is 22.2. The van der Waals surface area contributed by atoms with Crippen molar-refractivity contribution in [2.45, 2.75) is 64.5 Å². The normalized spacial score (nSPS) is 18.8. The van der Waals surface area contributed by atoms with Crippen LogP contribution in [0.25, 0.3) is 5.70 Å². The van der Waals surface area contributed by atoms with E-state index in [1.807, 2.05) is 0 Å². The molecule has 9 heteroatoms. The van der Waals surface area contributed by atoms with Gasteiger partial charge in [0.2, 0.25) is 11.8 Å². The zero-order chi connectivity index (χ0) is 28.1. The third-order valence-electron chi connectivity index (χ3n) is 7.40. The van der Waals surface area contributed by atoms with Crippen molar-refractivity contribution in [2.24, 2.45) is 5.92 Å². The maximum Gasteiger partial charge on any atom is 0.374 e. The van der Waals surface area contributed by atoms with Crippen LogP contribution >= 0.6 is 0 Å². The standard InChI is InChI=1S/C30H33N3O6/c1-20(34)31-19-26(23-14-8-4-9-15-23)33(29(37)27(31)24-16-10-5-11-17-24)32(21(2)35)25(28(36)30(38)39)18-22-12-6-3-7-13-22/h3-4,6-9,12-15,19,24-25,27H,5,10-11,16-18H2,1-2H3,(H,38,39)/t25-,27?/m0/s1. The number of hydrogen-bond acceptors (Lipinski definition) is 5. The summed E-state index contributed by atoms with van der Waals surface area (Å²) in [6, 6.07) is 15.1. The highest BCUT2D eigenvalue weighted by Gasteiger charge is 2.48. The molecule has 0 radical (unpaired) electrons. The van der Waals surface area contributed by atoms with Gasteiger partial charge in [0.25, 0.3) is 11.7 Å². The van der Waals surface area contributed by atoms with Crippen LogP contribution in [0.15, 0.2) is 66.9 Å². The summed E-state index contributed by atoms with van der Waals surface area (Å²) in [6.07, 6.45) is 5.80. The molecule has 2 aliphatic rings. The van der Waals surface area contributed by atoms with E-state index < -0.39 is 35.7 Å². The molecular formula is C30H33N3O6. The summed E-state index contributed by atoms with van der Waals surface area (Å²) < 4.78 is 0. The Bertz CT molecular complexity index is 1270. The third-order valence-corrected chi connectivity index (χ3v) is 7.40. The summed E-state index contributed by atoms with van der Waals surface area (Å²) >= 11 is 0. The molecule has 2 aromatic carbocycles. The van der Waals surface area contributed by atoms with Crippen molar-refractivity contribution in [3.05, 3.63) is 78.0 Å². The van der Waals surface area contributed by atoms with Crippen LogP contribution in [0.5, 0.6) is 0 Å². The molecule has 204 valence electrons. The molecule has 1 aliphatic heterocycles. The smallest absolute Gasteiger partial charge is 0.374 e. The molecule has 0 spiro atoms. The van der Waals surface area contributed by atoms with E-state index in [1.165, 1.54) is 18.7 Å². The van der Waals surface area contributed by atoms with Gasteiger partial charge < -0.3 is 10.0 Å². The highest BCUT2D eigenvalue weighted by Crippen LogP contribution is 2.37. The minimum Gasteiger partial charge on any atom is -0.475 e. The van der Waals surface area contributed by atoms with Gasteiger partial charge in [0.05, 0.1) is 5.70 Å². The molecule has 0 saturated heterocycles. The second kappa shape index (κ2) is 12.1. The minimum absolute atomic E-state index is 0.109. The number of hydrogen-bond donors (Lipinski definition) is 1. The molecule has 2 aromatic rings. The van der Waals surface area contributed by atoms with Crippen LogP contribution in [0.3, 0.4) is 0 Å². The maximum atomic E-state index is 14.5. The van der Waals surface area contributed by atoms with E-state index in [0.717, 1.165) is 42.1 Å². The molecule has 1 saturated carbocycles. The van der Waals surface area contributed by atoms with Gasteiger partial charge in [0.1, 0.15) is 12.1 Å². The van der Waals surface area contributed by atoms with Gasteiger partial charge in [0, 0.05) is 32.0 Å². The lowest BCUT2D eigenvalue weighted by Crippen LogP contribution is -2.64. The summed E-state index contributed by atoms with van der Waals surface area (Å²) in [5.41, 5.74) is 1.38. The first-order valence-electron chi connectivity index (χ1n) is 13.2. The van der Waals surface area contributed by atoms with E-state index in [0.29, 0.717) is 11.1 Å². The van der Waals surface area contributed by atoms with Gasteiger partial charge in [-0.15, -0.1) is 0 Å². The monoisotopic (exact) mass is 531 g/mol. The number of hydrazine groups is 1. The van der Waals surface area contributed by atoms with Crippen LogP contribution in [-0.4, -0.2) is 61.6 Å². The van der Waals surface area contributed by atoms with E-state index in [2.05, 4.69) is 0 Å². The van der Waals surface area contributed by atoms with Crippen LogP contribution in [0.1, 0.15) is 57.1 Å². The Labute approximate surface area is 227 Å². The quantitative estimate of drug-likeness (QED) is 0.520. The molecule has 2 atom stereocenters. The van der Waals surface area contributed by atoms with Gasteiger partial charge in [-0.05, 0) is 24.3 Å². The van der Waals surface area contributed by atoms with E-state index in [4.69, 9.17) is 0 Å². The summed E-state index contributed by atoms with van der Waals surface area (Å²) in [5.74, 6) is -4.57. The van der Waals surface area contributed by atoms with Crippen molar-refractivity contribution in [3.63, 3.8) is 0 Å². The first kappa shape index (κ1) is 27.8. The topological polar surface area (TPSA) is 115 Å². The lowest BCUT2D eigenvalue weighted by atomic mass is 9.82. The van der Waals surface area contributed by atoms with E-state index in [1.54, 1.807) is 66.9 Å². The summed E-state index contributed by atoms with van der Waals surface area (Å²) in [4.78, 5) is 67.1. The van der Waals surface area contributed by atoms with Crippen LogP contribution in [-0.2, 0) is 30.4 Å². The zero-order valence-electron chi connectivity index (χ0n) is 22.2. The Hall–Kier alpha value is -4.27. The molecule has 3 amide bonds. The van der Waals surface area contributed by atoms with Crippen LogP contribution in [0, 0.1) is 5.92 Å². The number of nitrogens with zero attached hydrogens (tertiary/aromatic N) is 3. The Morgan fingerprint density at radius 2 is 1.51 bits per heavy atom. The number of benzene rings is 2. The van der Waals surface area contributed by atoms with Crippen molar-refractivity contribution in [1.82, 2.24) is 14.9 Å². The Morgan fingerprint density at radius 3 is 2.05 bits per heavy atom. The van der Waals surface area contributed by atoms with Gasteiger partial charge in [-0.1, -0.05) is 79.9 Å². The van der Waals surface area contributed by atoms with Crippen LogP contribution < -0.4 is 0 Å². The third kappa shape index (κ3) is 5.92. The Balaban J connectivity index is 1.90. The fraction of sp³-hybridized carbons (Fsp3) is 0.367. The number of amides is 3. The molecule has 1 aliphatic carbocycles. The van der Waals surface area contributed by atoms with Gasteiger partial charge in [0.15, 0.2) is 0 Å². The number of aliphatic carboxylic acids is 1. The number of carboxylic acids is 1. The fourth-order valence-corrected chi connectivity index (χ4v) is 5.59. The number of rotatable bonds is 8. The molecule has 9 nitrogen and oxygen atoms in total. The number of carbonyl (C=O) groups is 5. The first-order chi connectivity index (χ1) is 18.7. The highest BCUT2D eigenvalue weighted by molar-refractivity contribution is 6.35. The second-order valence-corrected chi connectivity index (χ2v) is 10.0. The largest absolute Gasteiger partial charge is 0.475 e. The number of carboxylic acid groups (broad SMARTS) is 1. The lowest BCUT2D eigenvalue weighted by Gasteiger charge is -2.47. The maximum absolute atomic E-state index is 14.5. The van der Waals surface area contributed by atoms with Gasteiger partial charge in [-0.3, -0.25) is 19.2 Å². The lowest BCUT2D eigenvalue weighted by molar-refractivity contribution is -0.171. The van der Waals surface area contributed by atoms with Crippen LogP contribution in [0.2, 0.25) is 0 Å². The molecule has 0 bridgehead atoms. The molecule has 1 N–H and O–H groups in total. The minimum atomic E-state index is -1.70. The summed E-state index contributed by atoms with van der Waals surface area (Å²) in [5, 5.41) is 11.8. The molecule has 4 rings (SSSR count). The fourth-order valence-electron chi connectivity index (χ4n) is 5.59. The molecule has 39 heavy (non-hydrogen) atoms. The second-order valence-electron chi connectivity index (χ2n) is 10.0. The van der Waals surface area contributed by atoms with E-state index >= 15 is 0 Å². The van der Waals surface area contributed by atoms with Gasteiger partial charge in [-0.25, -0.2) is 14.8 Å². The van der Waals surface area contributed by atoms with Crippen molar-refractivity contribution in [1.29, 1.82) is 0 Å². The molecular weight excluding hydrogens is 498 g/mol. The molecule has 1 fully saturated rings. The average Bonchev–Trinajstić information content (AvgIpc) is 2.94. The molecule has 0 aromatic heterocycles. The summed E-state index contributed by atoms with van der Waals surface area (Å²) in [7, 11) is 0. The van der Waals surface area contributed by atoms with Gasteiger partial charge in [-0.2, -0.15) is 0 Å². The summed E-state index contributed by atoms with van der Waals surface area (Å²) in [6.45, 7) is 2.60. The van der Waals surface area contributed by atoms with E-state index in [9.17, 15) is 29.1 Å².